The number of nitrogens with zero attached hydrogens (tertiary/aromatic N) is 3. The lowest BCUT2D eigenvalue weighted by Crippen LogP contribution is -2.33. The van der Waals surface area contributed by atoms with Crippen molar-refractivity contribution in [3.8, 4) is 0 Å². The molecule has 1 aromatic rings. The van der Waals surface area contributed by atoms with Gasteiger partial charge in [0.15, 0.2) is 0 Å². The third-order valence-corrected chi connectivity index (χ3v) is 3.03. The second-order valence-electron chi connectivity index (χ2n) is 4.35. The molecular weight excluding hydrogens is 176 g/mol. The van der Waals surface area contributed by atoms with Gasteiger partial charge in [0, 0.05) is 7.05 Å². The Morgan fingerprint density at radius 2 is 2.21 bits per heavy atom. The van der Waals surface area contributed by atoms with Crippen LogP contribution in [0.3, 0.4) is 0 Å². The molecule has 1 rings (SSSR count). The topological polar surface area (TPSA) is 42.7 Å². The van der Waals surface area contributed by atoms with Gasteiger partial charge < -0.3 is 5.32 Å². The van der Waals surface area contributed by atoms with Gasteiger partial charge >= 0.3 is 0 Å². The molecule has 4 heteroatoms. The van der Waals surface area contributed by atoms with Crippen LogP contribution in [0.4, 0.5) is 0 Å². The zero-order valence-electron chi connectivity index (χ0n) is 9.70. The van der Waals surface area contributed by atoms with Crippen molar-refractivity contribution in [1.29, 1.82) is 0 Å². The van der Waals surface area contributed by atoms with E-state index in [1.165, 1.54) is 0 Å². The number of aryl methyl sites for hydroxylation is 1. The van der Waals surface area contributed by atoms with Gasteiger partial charge in [-0.15, -0.1) is 5.10 Å². The molecule has 0 aliphatic heterocycles. The van der Waals surface area contributed by atoms with Crippen LogP contribution in [0.2, 0.25) is 0 Å². The van der Waals surface area contributed by atoms with E-state index >= 15 is 0 Å². The van der Waals surface area contributed by atoms with Crippen LogP contribution in [-0.4, -0.2) is 22.0 Å². The maximum absolute atomic E-state index is 3.96. The zero-order valence-corrected chi connectivity index (χ0v) is 9.70. The minimum Gasteiger partial charge on any atom is -0.311 e. The lowest BCUT2D eigenvalue weighted by Gasteiger charge is -2.32. The molecule has 80 valence electrons. The molecule has 0 radical (unpaired) electrons. The third-order valence-electron chi connectivity index (χ3n) is 3.03. The van der Waals surface area contributed by atoms with Crippen LogP contribution in [0.1, 0.15) is 38.9 Å². The smallest absolute Gasteiger partial charge is 0.0758 e. The minimum absolute atomic E-state index is 0.213. The minimum atomic E-state index is 0.213. The van der Waals surface area contributed by atoms with E-state index in [1.807, 2.05) is 25.0 Å². The number of rotatable bonds is 4. The predicted octanol–water partition coefficient (Wildman–Crippen LogP) is 1.51. The number of hydrogen-bond acceptors (Lipinski definition) is 3. The standard InChI is InChI=1S/C10H20N4/c1-6-10(2,3)9(11-4)8-7-12-13-14(8)5/h7,9,11H,6H2,1-5H3. The second-order valence-corrected chi connectivity index (χ2v) is 4.35. The molecule has 1 unspecified atom stereocenters. The summed E-state index contributed by atoms with van der Waals surface area (Å²) < 4.78 is 1.83. The number of aromatic nitrogens is 3. The summed E-state index contributed by atoms with van der Waals surface area (Å²) in [6, 6.07) is 0.299. The molecule has 0 bridgehead atoms. The first-order valence-corrected chi connectivity index (χ1v) is 5.04. The molecule has 0 aromatic carbocycles. The SMILES string of the molecule is CCC(C)(C)C(NC)c1cnnn1C. The highest BCUT2D eigenvalue weighted by Crippen LogP contribution is 2.35. The number of nitrogens with one attached hydrogen (secondary N) is 1. The third kappa shape index (κ3) is 1.95. The fourth-order valence-corrected chi connectivity index (χ4v) is 1.70. The fourth-order valence-electron chi connectivity index (χ4n) is 1.70. The highest BCUT2D eigenvalue weighted by Gasteiger charge is 2.30. The summed E-state index contributed by atoms with van der Waals surface area (Å²) in [7, 11) is 3.91. The van der Waals surface area contributed by atoms with Gasteiger partial charge in [-0.3, -0.25) is 4.68 Å². The van der Waals surface area contributed by atoms with Gasteiger partial charge in [0.05, 0.1) is 17.9 Å². The lowest BCUT2D eigenvalue weighted by atomic mass is 9.80. The molecule has 1 aromatic heterocycles. The van der Waals surface area contributed by atoms with Crippen LogP contribution in [0.15, 0.2) is 6.20 Å². The van der Waals surface area contributed by atoms with E-state index in [0.29, 0.717) is 6.04 Å². The average molecular weight is 196 g/mol. The monoisotopic (exact) mass is 196 g/mol. The molecule has 0 saturated carbocycles. The van der Waals surface area contributed by atoms with E-state index < -0.39 is 0 Å². The van der Waals surface area contributed by atoms with Crippen LogP contribution >= 0.6 is 0 Å². The van der Waals surface area contributed by atoms with E-state index in [1.54, 1.807) is 0 Å². The van der Waals surface area contributed by atoms with Crippen LogP contribution in [0, 0.1) is 5.41 Å². The molecule has 0 saturated heterocycles. The number of hydrogen-bond donors (Lipinski definition) is 1. The van der Waals surface area contributed by atoms with Crippen molar-refractivity contribution in [3.05, 3.63) is 11.9 Å². The average Bonchev–Trinajstić information content (AvgIpc) is 2.53. The molecule has 4 nitrogen and oxygen atoms in total. The molecule has 1 atom stereocenters. The Bertz CT molecular complexity index is 290. The first-order chi connectivity index (χ1) is 6.53. The van der Waals surface area contributed by atoms with E-state index in [9.17, 15) is 0 Å². The Hall–Kier alpha value is -0.900. The summed E-state index contributed by atoms with van der Waals surface area (Å²) >= 11 is 0. The quantitative estimate of drug-likeness (QED) is 0.793. The van der Waals surface area contributed by atoms with Crippen LogP contribution in [-0.2, 0) is 7.05 Å². The van der Waals surface area contributed by atoms with Crippen molar-refractivity contribution in [3.63, 3.8) is 0 Å². The summed E-state index contributed by atoms with van der Waals surface area (Å²) in [5.41, 5.74) is 1.35. The van der Waals surface area contributed by atoms with E-state index in [-0.39, 0.29) is 5.41 Å². The van der Waals surface area contributed by atoms with Gasteiger partial charge in [-0.05, 0) is 18.9 Å². The summed E-state index contributed by atoms with van der Waals surface area (Å²) in [4.78, 5) is 0. The highest BCUT2D eigenvalue weighted by molar-refractivity contribution is 5.06. The van der Waals surface area contributed by atoms with Gasteiger partial charge in [-0.25, -0.2) is 0 Å². The maximum atomic E-state index is 3.96. The van der Waals surface area contributed by atoms with Gasteiger partial charge in [0.1, 0.15) is 0 Å². The molecule has 0 aliphatic rings. The van der Waals surface area contributed by atoms with E-state index in [4.69, 9.17) is 0 Å². The van der Waals surface area contributed by atoms with Crippen molar-refractivity contribution in [2.24, 2.45) is 12.5 Å². The second kappa shape index (κ2) is 4.09. The van der Waals surface area contributed by atoms with Gasteiger partial charge in [-0.2, -0.15) is 0 Å². The zero-order chi connectivity index (χ0) is 10.8. The van der Waals surface area contributed by atoms with Gasteiger partial charge in [0.2, 0.25) is 0 Å². The van der Waals surface area contributed by atoms with E-state index in [2.05, 4.69) is 36.4 Å². The Kier molecular flexibility index (Phi) is 3.26. The molecular formula is C10H20N4. The Morgan fingerprint density at radius 3 is 2.57 bits per heavy atom. The van der Waals surface area contributed by atoms with Crippen LogP contribution in [0.25, 0.3) is 0 Å². The van der Waals surface area contributed by atoms with Crippen molar-refractivity contribution < 1.29 is 0 Å². The maximum Gasteiger partial charge on any atom is 0.0758 e. The molecule has 0 spiro atoms. The molecule has 1 N–H and O–H groups in total. The van der Waals surface area contributed by atoms with Gasteiger partial charge in [-0.1, -0.05) is 26.0 Å². The van der Waals surface area contributed by atoms with E-state index in [0.717, 1.165) is 12.1 Å². The molecule has 14 heavy (non-hydrogen) atoms. The van der Waals surface area contributed by atoms with Crippen molar-refractivity contribution >= 4 is 0 Å². The predicted molar refractivity (Wildman–Crippen MR) is 56.9 cm³/mol. The molecule has 0 aliphatic carbocycles. The van der Waals surface area contributed by atoms with Crippen molar-refractivity contribution in [1.82, 2.24) is 20.3 Å². The lowest BCUT2D eigenvalue weighted by molar-refractivity contribution is 0.235. The Morgan fingerprint density at radius 1 is 1.57 bits per heavy atom. The summed E-state index contributed by atoms with van der Waals surface area (Å²) in [5.74, 6) is 0. The Labute approximate surface area is 85.7 Å². The first-order valence-electron chi connectivity index (χ1n) is 5.04. The largest absolute Gasteiger partial charge is 0.311 e. The van der Waals surface area contributed by atoms with Crippen molar-refractivity contribution in [2.75, 3.05) is 7.05 Å². The summed E-state index contributed by atoms with van der Waals surface area (Å²) in [6.45, 7) is 6.70. The first kappa shape index (κ1) is 11.2. The normalized spacial score (nSPS) is 14.4. The molecule has 1 heterocycles. The fraction of sp³-hybridized carbons (Fsp3) is 0.800. The Balaban J connectivity index is 2.99. The summed E-state index contributed by atoms with van der Waals surface area (Å²) in [5, 5.41) is 11.2. The van der Waals surface area contributed by atoms with Gasteiger partial charge in [0.25, 0.3) is 0 Å². The summed E-state index contributed by atoms with van der Waals surface area (Å²) in [6.07, 6.45) is 2.95. The van der Waals surface area contributed by atoms with Crippen LogP contribution in [0.5, 0.6) is 0 Å². The van der Waals surface area contributed by atoms with Crippen molar-refractivity contribution in [2.45, 2.75) is 33.2 Å². The molecule has 0 amide bonds. The van der Waals surface area contributed by atoms with Crippen LogP contribution < -0.4 is 5.32 Å². The highest BCUT2D eigenvalue weighted by atomic mass is 15.4. The molecule has 0 fully saturated rings.